The fourth-order valence-corrected chi connectivity index (χ4v) is 5.68. The van der Waals surface area contributed by atoms with Crippen molar-refractivity contribution >= 4 is 53.9 Å². The summed E-state index contributed by atoms with van der Waals surface area (Å²) in [5.41, 5.74) is 2.86. The van der Waals surface area contributed by atoms with Gasteiger partial charge in [-0.3, -0.25) is 19.2 Å². The molecule has 4 rings (SSSR count). The highest BCUT2D eigenvalue weighted by Gasteiger charge is 2.63. The molecule has 2 amide bonds. The topological polar surface area (TPSA) is 199 Å². The predicted octanol–water partition coefficient (Wildman–Crippen LogP) is 0.527. The van der Waals surface area contributed by atoms with Gasteiger partial charge in [0.05, 0.1) is 29.8 Å². The molecule has 0 aliphatic heterocycles. The van der Waals surface area contributed by atoms with Crippen LogP contribution in [0.15, 0.2) is 23.5 Å². The molecule has 3 aliphatic carbocycles. The van der Waals surface area contributed by atoms with Crippen molar-refractivity contribution in [3.63, 3.8) is 0 Å². The Morgan fingerprint density at radius 3 is 2.46 bits per heavy atom. The number of primary amides is 1. The van der Waals surface area contributed by atoms with Crippen LogP contribution in [-0.4, -0.2) is 68.6 Å². The number of amides is 2. The van der Waals surface area contributed by atoms with E-state index in [0.29, 0.717) is 12.1 Å². The largest absolute Gasteiger partial charge is 0.508 e. The third kappa shape index (κ3) is 4.94. The molecule has 1 aromatic rings. The van der Waals surface area contributed by atoms with E-state index in [1.54, 1.807) is 0 Å². The zero-order valence-electron chi connectivity index (χ0n) is 20.0. The molecule has 0 spiro atoms. The first kappa shape index (κ1) is 30.5. The molecule has 1 fully saturated rings. The number of aliphatic hydroxyl groups is 3. The molecule has 5 atom stereocenters. The fraction of sp³-hybridized carbons (Fsp3) is 0.500. The summed E-state index contributed by atoms with van der Waals surface area (Å²) in [6.45, 7) is 2.56. The van der Waals surface area contributed by atoms with Gasteiger partial charge in [-0.2, -0.15) is 0 Å². The van der Waals surface area contributed by atoms with Gasteiger partial charge in [-0.15, -0.1) is 24.8 Å². The zero-order valence-corrected chi connectivity index (χ0v) is 21.7. The molecule has 8 N–H and O–H groups in total. The van der Waals surface area contributed by atoms with Crippen molar-refractivity contribution in [3.8, 4) is 5.75 Å². The third-order valence-electron chi connectivity index (χ3n) is 7.25. The van der Waals surface area contributed by atoms with E-state index in [1.807, 2.05) is 6.92 Å². The molecule has 1 aromatic carbocycles. The number of fused-ring (bicyclic) bond motifs is 3. The van der Waals surface area contributed by atoms with E-state index in [-0.39, 0.29) is 61.0 Å². The molecule has 13 heteroatoms. The van der Waals surface area contributed by atoms with E-state index in [2.05, 4.69) is 10.6 Å². The molecule has 0 radical (unpaired) electrons. The van der Waals surface area contributed by atoms with Gasteiger partial charge >= 0.3 is 0 Å². The number of Topliss-reactive ketones (excluding diaryl/α,β-unsaturated/α-hetero) is 2. The Morgan fingerprint density at radius 2 is 1.84 bits per heavy atom. The molecule has 5 unspecified atom stereocenters. The van der Waals surface area contributed by atoms with E-state index in [0.717, 1.165) is 6.42 Å². The van der Waals surface area contributed by atoms with Gasteiger partial charge in [-0.05, 0) is 37.4 Å². The van der Waals surface area contributed by atoms with Crippen LogP contribution in [0.5, 0.6) is 5.75 Å². The summed E-state index contributed by atoms with van der Waals surface area (Å²) in [5, 5.41) is 48.7. The number of benzene rings is 1. The standard InChI is InChI=1S/C24H29N3O8.2ClH/c1-2-5-26-9-16(30)27-14-4-3-10-6-12-18(23(25)34)13-7-11(28)8-15(29)24(13,35)22(33)19(12)21(32)17(10)20(14)31;;/h3-4,11-13,18,26,28,31,33,35H,2,5-9H2,1H3,(H2,25,34)(H,27,30);2*1H. The highest BCUT2D eigenvalue weighted by Crippen LogP contribution is 2.53. The van der Waals surface area contributed by atoms with Crippen molar-refractivity contribution in [2.75, 3.05) is 18.4 Å². The van der Waals surface area contributed by atoms with Gasteiger partial charge in [0, 0.05) is 23.8 Å². The minimum atomic E-state index is -2.55. The number of allylic oxidation sites excluding steroid dienone is 1. The molecule has 0 heterocycles. The fourth-order valence-electron chi connectivity index (χ4n) is 5.68. The van der Waals surface area contributed by atoms with Crippen LogP contribution < -0.4 is 16.4 Å². The highest BCUT2D eigenvalue weighted by molar-refractivity contribution is 6.16. The molecule has 37 heavy (non-hydrogen) atoms. The van der Waals surface area contributed by atoms with Crippen molar-refractivity contribution in [2.24, 2.45) is 23.5 Å². The number of carbonyl (C=O) groups excluding carboxylic acids is 4. The normalized spacial score (nSPS) is 28.2. The molecule has 3 aliphatic rings. The maximum Gasteiger partial charge on any atom is 0.238 e. The maximum atomic E-state index is 13.6. The van der Waals surface area contributed by atoms with Crippen LogP contribution in [-0.2, 0) is 20.8 Å². The average Bonchev–Trinajstić information content (AvgIpc) is 2.78. The molecule has 204 valence electrons. The van der Waals surface area contributed by atoms with E-state index in [9.17, 15) is 39.6 Å². The second kappa shape index (κ2) is 11.4. The van der Waals surface area contributed by atoms with Gasteiger partial charge in [0.15, 0.2) is 22.9 Å². The Labute approximate surface area is 225 Å². The lowest BCUT2D eigenvalue weighted by molar-refractivity contribution is -0.163. The lowest BCUT2D eigenvalue weighted by atomic mass is 9.55. The highest BCUT2D eigenvalue weighted by atomic mass is 35.5. The molecule has 11 nitrogen and oxygen atoms in total. The molecular weight excluding hydrogens is 529 g/mol. The summed E-state index contributed by atoms with van der Waals surface area (Å²) < 4.78 is 0. The van der Waals surface area contributed by atoms with Crippen molar-refractivity contribution in [2.45, 2.75) is 44.3 Å². The van der Waals surface area contributed by atoms with Gasteiger partial charge in [-0.1, -0.05) is 13.0 Å². The molecule has 1 saturated carbocycles. The predicted molar refractivity (Wildman–Crippen MR) is 137 cm³/mol. The van der Waals surface area contributed by atoms with Gasteiger partial charge < -0.3 is 36.8 Å². The number of rotatable bonds is 6. The first-order valence-electron chi connectivity index (χ1n) is 11.6. The monoisotopic (exact) mass is 559 g/mol. The van der Waals surface area contributed by atoms with Crippen LogP contribution >= 0.6 is 24.8 Å². The van der Waals surface area contributed by atoms with E-state index < -0.39 is 70.8 Å². The van der Waals surface area contributed by atoms with Crippen LogP contribution in [0.4, 0.5) is 5.69 Å². The summed E-state index contributed by atoms with van der Waals surface area (Å²) in [6.07, 6.45) is -0.916. The number of aliphatic hydroxyl groups excluding tert-OH is 2. The minimum Gasteiger partial charge on any atom is -0.508 e. The number of phenolic OH excluding ortho intramolecular Hbond substituents is 1. The molecule has 0 aromatic heterocycles. The van der Waals surface area contributed by atoms with Crippen LogP contribution in [0.25, 0.3) is 0 Å². The number of nitrogens with one attached hydrogen (secondary N) is 2. The summed E-state index contributed by atoms with van der Waals surface area (Å²) in [7, 11) is 0. The Morgan fingerprint density at radius 1 is 1.16 bits per heavy atom. The van der Waals surface area contributed by atoms with Crippen LogP contribution in [0.3, 0.4) is 0 Å². The van der Waals surface area contributed by atoms with Crippen molar-refractivity contribution in [1.29, 1.82) is 0 Å². The Balaban J connectivity index is 0.00000241. The van der Waals surface area contributed by atoms with Gasteiger partial charge in [0.2, 0.25) is 11.8 Å². The number of hydrogen-bond donors (Lipinski definition) is 7. The summed E-state index contributed by atoms with van der Waals surface area (Å²) in [4.78, 5) is 51.0. The van der Waals surface area contributed by atoms with Gasteiger partial charge in [0.25, 0.3) is 0 Å². The Bertz CT molecular complexity index is 1160. The quantitative estimate of drug-likeness (QED) is 0.192. The Kier molecular flexibility index (Phi) is 9.37. The number of phenols is 1. The summed E-state index contributed by atoms with van der Waals surface area (Å²) in [6, 6.07) is 2.95. The lowest BCUT2D eigenvalue weighted by Gasteiger charge is -2.50. The maximum absolute atomic E-state index is 13.6. The average molecular weight is 560 g/mol. The minimum absolute atomic E-state index is 0. The first-order chi connectivity index (χ1) is 16.5. The van der Waals surface area contributed by atoms with Crippen molar-refractivity contribution in [1.82, 2.24) is 5.32 Å². The number of nitrogens with two attached hydrogens (primary N) is 1. The molecule has 0 saturated heterocycles. The number of hydrogen-bond acceptors (Lipinski definition) is 9. The SMILES string of the molecule is CCCNCC(=O)Nc1ccc2c(c1O)C(=O)C1=C(O)C3(O)C(=O)CC(O)CC3C(C(N)=O)C1C2.Cl.Cl. The van der Waals surface area contributed by atoms with E-state index in [1.165, 1.54) is 12.1 Å². The second-order valence-corrected chi connectivity index (χ2v) is 9.44. The second-order valence-electron chi connectivity index (χ2n) is 9.44. The van der Waals surface area contributed by atoms with Crippen LogP contribution in [0, 0.1) is 17.8 Å². The number of anilines is 1. The number of halogens is 2. The summed E-state index contributed by atoms with van der Waals surface area (Å²) in [5.74, 6) is -7.89. The lowest BCUT2D eigenvalue weighted by Crippen LogP contribution is -2.63. The molecular formula is C24H31Cl2N3O8. The number of ketones is 2. The van der Waals surface area contributed by atoms with Gasteiger partial charge in [0.1, 0.15) is 5.76 Å². The summed E-state index contributed by atoms with van der Waals surface area (Å²) >= 11 is 0. The first-order valence-corrected chi connectivity index (χ1v) is 11.6. The van der Waals surface area contributed by atoms with Crippen molar-refractivity contribution < 1.29 is 39.6 Å². The smallest absolute Gasteiger partial charge is 0.238 e. The van der Waals surface area contributed by atoms with Crippen molar-refractivity contribution in [3.05, 3.63) is 34.6 Å². The number of carbonyl (C=O) groups is 4. The van der Waals surface area contributed by atoms with Crippen LogP contribution in [0.2, 0.25) is 0 Å². The van der Waals surface area contributed by atoms with E-state index in [4.69, 9.17) is 5.73 Å². The third-order valence-corrected chi connectivity index (χ3v) is 7.25. The van der Waals surface area contributed by atoms with E-state index >= 15 is 0 Å². The Hall–Kier alpha value is -2.70. The van der Waals surface area contributed by atoms with Crippen LogP contribution in [0.1, 0.15) is 42.1 Å². The van der Waals surface area contributed by atoms with Gasteiger partial charge in [-0.25, -0.2) is 0 Å². The number of aromatic hydroxyl groups is 1. The zero-order chi connectivity index (χ0) is 25.7. The molecule has 0 bridgehead atoms.